The number of carbonyl (C=O) groups is 1. The maximum Gasteiger partial charge on any atom is 0.232 e. The van der Waals surface area contributed by atoms with Gasteiger partial charge in [0.2, 0.25) is 5.91 Å². The van der Waals surface area contributed by atoms with Crippen molar-refractivity contribution < 1.29 is 4.79 Å². The van der Waals surface area contributed by atoms with Crippen LogP contribution in [0.15, 0.2) is 24.3 Å². The van der Waals surface area contributed by atoms with Gasteiger partial charge in [0.15, 0.2) is 0 Å². The molecule has 0 bridgehead atoms. The predicted octanol–water partition coefficient (Wildman–Crippen LogP) is 2.81. The second kappa shape index (κ2) is 7.80. The first-order valence-corrected chi connectivity index (χ1v) is 8.87. The van der Waals surface area contributed by atoms with Crippen molar-refractivity contribution in [2.24, 2.45) is 11.7 Å². The van der Waals surface area contributed by atoms with E-state index in [9.17, 15) is 4.79 Å². The first-order chi connectivity index (χ1) is 10.1. The van der Waals surface area contributed by atoms with Crippen molar-refractivity contribution in [2.75, 3.05) is 18.8 Å². The Morgan fingerprint density at radius 2 is 1.95 bits per heavy atom. The molecule has 1 aromatic rings. The number of likely N-dealkylation sites (tertiary alicyclic amines) is 1. The first kappa shape index (κ1) is 16.3. The summed E-state index contributed by atoms with van der Waals surface area (Å²) in [5, 5.41) is 0. The third-order valence-corrected chi connectivity index (χ3v) is 5.09. The SMILES string of the molecule is CC1CCN(C(=O)CSCc2ccc(C(N)=S)cc2)CC1. The number of nitrogens with two attached hydrogens (primary N) is 1. The Hall–Kier alpha value is -1.07. The zero-order valence-electron chi connectivity index (χ0n) is 12.4. The zero-order valence-corrected chi connectivity index (χ0v) is 14.0. The van der Waals surface area contributed by atoms with Gasteiger partial charge in [0, 0.05) is 24.4 Å². The topological polar surface area (TPSA) is 46.3 Å². The fourth-order valence-corrected chi connectivity index (χ4v) is 3.39. The minimum absolute atomic E-state index is 0.270. The van der Waals surface area contributed by atoms with Crippen LogP contribution in [0.1, 0.15) is 30.9 Å². The van der Waals surface area contributed by atoms with Gasteiger partial charge in [0.25, 0.3) is 0 Å². The molecule has 0 spiro atoms. The van der Waals surface area contributed by atoms with Crippen LogP contribution in [-0.2, 0) is 10.5 Å². The molecule has 0 aliphatic carbocycles. The molecule has 1 aliphatic heterocycles. The second-order valence-electron chi connectivity index (χ2n) is 5.62. The van der Waals surface area contributed by atoms with Crippen LogP contribution in [0.5, 0.6) is 0 Å². The van der Waals surface area contributed by atoms with Gasteiger partial charge in [0.1, 0.15) is 4.99 Å². The van der Waals surface area contributed by atoms with Crippen LogP contribution in [-0.4, -0.2) is 34.6 Å². The third-order valence-electron chi connectivity index (χ3n) is 3.87. The number of hydrogen-bond donors (Lipinski definition) is 1. The summed E-state index contributed by atoms with van der Waals surface area (Å²) in [5.41, 5.74) is 7.65. The largest absolute Gasteiger partial charge is 0.389 e. The van der Waals surface area contributed by atoms with Crippen molar-refractivity contribution in [3.8, 4) is 0 Å². The van der Waals surface area contributed by atoms with E-state index in [-0.39, 0.29) is 5.91 Å². The fourth-order valence-electron chi connectivity index (χ4n) is 2.37. The predicted molar refractivity (Wildman–Crippen MR) is 93.5 cm³/mol. The molecular weight excluding hydrogens is 300 g/mol. The molecule has 1 aliphatic rings. The number of carbonyl (C=O) groups excluding carboxylic acids is 1. The van der Waals surface area contributed by atoms with Gasteiger partial charge in [-0.1, -0.05) is 43.4 Å². The van der Waals surface area contributed by atoms with E-state index in [1.165, 1.54) is 5.56 Å². The fraction of sp³-hybridized carbons (Fsp3) is 0.500. The normalized spacial score (nSPS) is 16.0. The summed E-state index contributed by atoms with van der Waals surface area (Å²) >= 11 is 6.60. The van der Waals surface area contributed by atoms with E-state index in [1.54, 1.807) is 11.8 Å². The van der Waals surface area contributed by atoms with Gasteiger partial charge < -0.3 is 10.6 Å². The molecule has 5 heteroatoms. The molecule has 3 nitrogen and oxygen atoms in total. The van der Waals surface area contributed by atoms with Crippen LogP contribution >= 0.6 is 24.0 Å². The Labute approximate surface area is 136 Å². The summed E-state index contributed by atoms with van der Waals surface area (Å²) in [6.45, 7) is 4.10. The average Bonchev–Trinajstić information content (AvgIpc) is 2.48. The lowest BCUT2D eigenvalue weighted by Crippen LogP contribution is -2.38. The van der Waals surface area contributed by atoms with Crippen molar-refractivity contribution in [2.45, 2.75) is 25.5 Å². The Morgan fingerprint density at radius 1 is 1.33 bits per heavy atom. The maximum absolute atomic E-state index is 12.1. The molecule has 1 fully saturated rings. The van der Waals surface area contributed by atoms with E-state index in [0.717, 1.165) is 43.2 Å². The number of thioether (sulfide) groups is 1. The molecule has 2 rings (SSSR count). The highest BCUT2D eigenvalue weighted by atomic mass is 32.2. The van der Waals surface area contributed by atoms with Gasteiger partial charge in [-0.25, -0.2) is 0 Å². The zero-order chi connectivity index (χ0) is 15.2. The molecule has 0 saturated carbocycles. The Bertz CT molecular complexity index is 494. The van der Waals surface area contributed by atoms with Gasteiger partial charge in [0.05, 0.1) is 5.75 Å². The van der Waals surface area contributed by atoms with Crippen LogP contribution in [0.2, 0.25) is 0 Å². The van der Waals surface area contributed by atoms with Crippen molar-refractivity contribution in [1.82, 2.24) is 4.90 Å². The lowest BCUT2D eigenvalue weighted by atomic mass is 9.99. The van der Waals surface area contributed by atoms with Crippen molar-refractivity contribution in [1.29, 1.82) is 0 Å². The molecule has 1 amide bonds. The number of thiocarbonyl (C=S) groups is 1. The van der Waals surface area contributed by atoms with Gasteiger partial charge in [-0.15, -0.1) is 11.8 Å². The van der Waals surface area contributed by atoms with Crippen molar-refractivity contribution in [3.05, 3.63) is 35.4 Å². The molecule has 21 heavy (non-hydrogen) atoms. The van der Waals surface area contributed by atoms with Crippen LogP contribution in [0.4, 0.5) is 0 Å². The molecule has 114 valence electrons. The lowest BCUT2D eigenvalue weighted by molar-refractivity contribution is -0.129. The summed E-state index contributed by atoms with van der Waals surface area (Å²) in [6, 6.07) is 7.92. The number of piperidine rings is 1. The van der Waals surface area contributed by atoms with E-state index in [4.69, 9.17) is 18.0 Å². The van der Waals surface area contributed by atoms with Crippen LogP contribution in [0, 0.1) is 5.92 Å². The van der Waals surface area contributed by atoms with Gasteiger partial charge in [-0.3, -0.25) is 4.79 Å². The highest BCUT2D eigenvalue weighted by Crippen LogP contribution is 2.18. The standard InChI is InChI=1S/C16H22N2OS2/c1-12-6-8-18(9-7-12)15(19)11-21-10-13-2-4-14(5-3-13)16(17)20/h2-5,12H,6-11H2,1H3,(H2,17,20). The summed E-state index contributed by atoms with van der Waals surface area (Å²) in [6.07, 6.45) is 2.27. The van der Waals surface area contributed by atoms with Crippen LogP contribution < -0.4 is 5.73 Å². The van der Waals surface area contributed by atoms with E-state index >= 15 is 0 Å². The Morgan fingerprint density at radius 3 is 2.52 bits per heavy atom. The quantitative estimate of drug-likeness (QED) is 0.847. The van der Waals surface area contributed by atoms with E-state index in [2.05, 4.69) is 6.92 Å². The van der Waals surface area contributed by atoms with Crippen molar-refractivity contribution in [3.63, 3.8) is 0 Å². The minimum Gasteiger partial charge on any atom is -0.389 e. The number of rotatable bonds is 5. The van der Waals surface area contributed by atoms with Crippen LogP contribution in [0.3, 0.4) is 0 Å². The number of amides is 1. The van der Waals surface area contributed by atoms with Gasteiger partial charge >= 0.3 is 0 Å². The molecular formula is C16H22N2OS2. The molecule has 1 heterocycles. The minimum atomic E-state index is 0.270. The number of hydrogen-bond acceptors (Lipinski definition) is 3. The molecule has 0 aromatic heterocycles. The Balaban J connectivity index is 1.73. The van der Waals surface area contributed by atoms with Gasteiger partial charge in [-0.05, 0) is 24.3 Å². The first-order valence-electron chi connectivity index (χ1n) is 7.30. The monoisotopic (exact) mass is 322 g/mol. The summed E-state index contributed by atoms with van der Waals surface area (Å²) < 4.78 is 0. The van der Waals surface area contributed by atoms with E-state index < -0.39 is 0 Å². The molecule has 2 N–H and O–H groups in total. The molecule has 0 atom stereocenters. The highest BCUT2D eigenvalue weighted by molar-refractivity contribution is 7.99. The lowest BCUT2D eigenvalue weighted by Gasteiger charge is -2.30. The molecule has 0 unspecified atom stereocenters. The summed E-state index contributed by atoms with van der Waals surface area (Å²) in [7, 11) is 0. The number of nitrogens with zero attached hydrogens (tertiary/aromatic N) is 1. The van der Waals surface area contributed by atoms with Crippen molar-refractivity contribution >= 4 is 34.9 Å². The maximum atomic E-state index is 12.1. The summed E-state index contributed by atoms with van der Waals surface area (Å²) in [4.78, 5) is 14.5. The third kappa shape index (κ3) is 5.00. The molecule has 1 saturated heterocycles. The number of benzene rings is 1. The Kier molecular flexibility index (Phi) is 6.06. The smallest absolute Gasteiger partial charge is 0.232 e. The van der Waals surface area contributed by atoms with Crippen LogP contribution in [0.25, 0.3) is 0 Å². The van der Waals surface area contributed by atoms with E-state index in [0.29, 0.717) is 10.7 Å². The molecule has 1 aromatic carbocycles. The average molecular weight is 322 g/mol. The summed E-state index contributed by atoms with van der Waals surface area (Å²) in [5.74, 6) is 2.43. The van der Waals surface area contributed by atoms with E-state index in [1.807, 2.05) is 29.2 Å². The highest BCUT2D eigenvalue weighted by Gasteiger charge is 2.19. The molecule has 0 radical (unpaired) electrons. The second-order valence-corrected chi connectivity index (χ2v) is 7.04. The van der Waals surface area contributed by atoms with Gasteiger partial charge in [-0.2, -0.15) is 0 Å².